The summed E-state index contributed by atoms with van der Waals surface area (Å²) >= 11 is 0. The lowest BCUT2D eigenvalue weighted by molar-refractivity contribution is 0.156. The minimum Gasteiger partial charge on any atom is -0.381 e. The van der Waals surface area contributed by atoms with Crippen molar-refractivity contribution in [2.45, 2.75) is 25.7 Å². The highest BCUT2D eigenvalue weighted by atomic mass is 16.5. The van der Waals surface area contributed by atoms with Crippen molar-refractivity contribution in [1.82, 2.24) is 15.1 Å². The minimum absolute atomic E-state index is 0.388. The first-order valence-electron chi connectivity index (χ1n) is 10.6. The molecule has 3 aliphatic heterocycles. The molecule has 0 saturated carbocycles. The van der Waals surface area contributed by atoms with Crippen LogP contribution in [0.4, 0.5) is 0 Å². The summed E-state index contributed by atoms with van der Waals surface area (Å²) in [6, 6.07) is 10.8. The zero-order valence-corrected chi connectivity index (χ0v) is 16.7. The van der Waals surface area contributed by atoms with E-state index in [1.807, 2.05) is 7.05 Å². The van der Waals surface area contributed by atoms with Gasteiger partial charge in [0.2, 0.25) is 0 Å². The van der Waals surface area contributed by atoms with Crippen molar-refractivity contribution >= 4 is 5.96 Å². The lowest BCUT2D eigenvalue weighted by atomic mass is 9.87. The molecule has 1 aromatic rings. The van der Waals surface area contributed by atoms with Gasteiger partial charge in [-0.15, -0.1) is 0 Å². The molecule has 0 aliphatic carbocycles. The Balaban J connectivity index is 1.19. The molecule has 0 amide bonds. The molecule has 2 unspecified atom stereocenters. The average molecular weight is 371 g/mol. The van der Waals surface area contributed by atoms with Crippen LogP contribution in [-0.4, -0.2) is 75.3 Å². The highest BCUT2D eigenvalue weighted by Crippen LogP contribution is 2.38. The van der Waals surface area contributed by atoms with Gasteiger partial charge in [0.25, 0.3) is 0 Å². The molecule has 148 valence electrons. The third kappa shape index (κ3) is 4.64. The summed E-state index contributed by atoms with van der Waals surface area (Å²) in [4.78, 5) is 9.61. The van der Waals surface area contributed by atoms with Gasteiger partial charge in [-0.05, 0) is 43.7 Å². The van der Waals surface area contributed by atoms with Crippen LogP contribution in [0.25, 0.3) is 0 Å². The van der Waals surface area contributed by atoms with Gasteiger partial charge in [-0.3, -0.25) is 4.99 Å². The van der Waals surface area contributed by atoms with Gasteiger partial charge in [0, 0.05) is 51.8 Å². The average Bonchev–Trinajstić information content (AvgIpc) is 3.45. The summed E-state index contributed by atoms with van der Waals surface area (Å²) < 4.78 is 5.66. The molecule has 27 heavy (non-hydrogen) atoms. The van der Waals surface area contributed by atoms with E-state index < -0.39 is 0 Å². The number of likely N-dealkylation sites (tertiary alicyclic amines) is 2. The minimum atomic E-state index is 0.388. The molecule has 3 heterocycles. The number of aliphatic imine (C=N–C) groups is 1. The molecule has 1 spiro atoms. The maximum atomic E-state index is 5.66. The highest BCUT2D eigenvalue weighted by Gasteiger charge is 2.42. The van der Waals surface area contributed by atoms with Crippen molar-refractivity contribution in [1.29, 1.82) is 0 Å². The van der Waals surface area contributed by atoms with E-state index >= 15 is 0 Å². The maximum Gasteiger partial charge on any atom is 0.193 e. The summed E-state index contributed by atoms with van der Waals surface area (Å²) in [7, 11) is 1.92. The lowest BCUT2D eigenvalue weighted by Crippen LogP contribution is -2.43. The number of benzene rings is 1. The Hall–Kier alpha value is -1.59. The monoisotopic (exact) mass is 370 g/mol. The third-order valence-electron chi connectivity index (χ3n) is 6.61. The van der Waals surface area contributed by atoms with E-state index in [1.165, 1.54) is 44.5 Å². The number of rotatable bonds is 5. The van der Waals surface area contributed by atoms with Crippen LogP contribution in [0.5, 0.6) is 0 Å². The van der Waals surface area contributed by atoms with Crippen LogP contribution in [0.1, 0.15) is 24.8 Å². The summed E-state index contributed by atoms with van der Waals surface area (Å²) in [5, 5.41) is 3.66. The first-order chi connectivity index (χ1) is 13.3. The number of hydrogen-bond donors (Lipinski definition) is 1. The number of guanidine groups is 1. The third-order valence-corrected chi connectivity index (χ3v) is 6.61. The number of nitrogens with zero attached hydrogens (tertiary/aromatic N) is 3. The highest BCUT2D eigenvalue weighted by molar-refractivity contribution is 5.80. The van der Waals surface area contributed by atoms with Gasteiger partial charge in [-0.2, -0.15) is 0 Å². The molecular weight excluding hydrogens is 336 g/mol. The van der Waals surface area contributed by atoms with Gasteiger partial charge in [-0.25, -0.2) is 0 Å². The van der Waals surface area contributed by atoms with Gasteiger partial charge in [0.05, 0.1) is 6.61 Å². The van der Waals surface area contributed by atoms with Gasteiger partial charge in [0.1, 0.15) is 0 Å². The van der Waals surface area contributed by atoms with Crippen LogP contribution < -0.4 is 5.32 Å². The Bertz CT molecular complexity index is 626. The lowest BCUT2D eigenvalue weighted by Gasteiger charge is -2.25. The Morgan fingerprint density at radius 3 is 2.93 bits per heavy atom. The largest absolute Gasteiger partial charge is 0.381 e. The second-order valence-electron chi connectivity index (χ2n) is 8.59. The molecule has 1 N–H and O–H groups in total. The molecule has 0 aromatic heterocycles. The summed E-state index contributed by atoms with van der Waals surface area (Å²) in [5.41, 5.74) is 1.83. The second kappa shape index (κ2) is 8.61. The predicted molar refractivity (Wildman–Crippen MR) is 110 cm³/mol. The van der Waals surface area contributed by atoms with Crippen molar-refractivity contribution in [2.75, 3.05) is 59.5 Å². The van der Waals surface area contributed by atoms with Crippen LogP contribution in [0.15, 0.2) is 35.3 Å². The Morgan fingerprint density at radius 1 is 1.26 bits per heavy atom. The van der Waals surface area contributed by atoms with Crippen LogP contribution in [0, 0.1) is 11.3 Å². The van der Waals surface area contributed by atoms with Gasteiger partial charge in [0.15, 0.2) is 5.96 Å². The fraction of sp³-hybridized carbons (Fsp3) is 0.682. The second-order valence-corrected chi connectivity index (χ2v) is 8.59. The Labute approximate surface area is 163 Å². The fourth-order valence-electron chi connectivity index (χ4n) is 4.87. The van der Waals surface area contributed by atoms with Crippen LogP contribution in [0.2, 0.25) is 0 Å². The fourth-order valence-corrected chi connectivity index (χ4v) is 4.87. The van der Waals surface area contributed by atoms with Gasteiger partial charge in [-0.1, -0.05) is 30.3 Å². The molecule has 5 nitrogen and oxygen atoms in total. The van der Waals surface area contributed by atoms with Crippen molar-refractivity contribution in [3.63, 3.8) is 0 Å². The van der Waals surface area contributed by atoms with E-state index in [1.54, 1.807) is 0 Å². The molecular formula is C22H34N4O. The van der Waals surface area contributed by atoms with Crippen LogP contribution in [-0.2, 0) is 11.2 Å². The quantitative estimate of drug-likeness (QED) is 0.637. The van der Waals surface area contributed by atoms with E-state index in [0.29, 0.717) is 5.41 Å². The first kappa shape index (κ1) is 18.8. The SMILES string of the molecule is CN=C(NCC1CCN(CCc2ccccc2)C1)N1CCC2(CCOC2)C1. The predicted octanol–water partition coefficient (Wildman–Crippen LogP) is 2.24. The van der Waals surface area contributed by atoms with Crippen molar-refractivity contribution in [3.8, 4) is 0 Å². The van der Waals surface area contributed by atoms with E-state index in [0.717, 1.165) is 51.1 Å². The molecule has 2 atom stereocenters. The van der Waals surface area contributed by atoms with E-state index in [-0.39, 0.29) is 0 Å². The maximum absolute atomic E-state index is 5.66. The van der Waals surface area contributed by atoms with Gasteiger partial charge >= 0.3 is 0 Å². The molecule has 5 heteroatoms. The molecule has 3 aliphatic rings. The van der Waals surface area contributed by atoms with Crippen molar-refractivity contribution in [3.05, 3.63) is 35.9 Å². The van der Waals surface area contributed by atoms with E-state index in [2.05, 4.69) is 50.4 Å². The summed E-state index contributed by atoms with van der Waals surface area (Å²) in [6.45, 7) is 8.70. The summed E-state index contributed by atoms with van der Waals surface area (Å²) in [6.07, 6.45) is 4.89. The number of nitrogens with one attached hydrogen (secondary N) is 1. The normalized spacial score (nSPS) is 29.1. The van der Waals surface area contributed by atoms with Crippen molar-refractivity contribution in [2.24, 2.45) is 16.3 Å². The molecule has 4 rings (SSSR count). The molecule has 3 fully saturated rings. The number of hydrogen-bond acceptors (Lipinski definition) is 3. The van der Waals surface area contributed by atoms with Crippen LogP contribution in [0.3, 0.4) is 0 Å². The zero-order valence-electron chi connectivity index (χ0n) is 16.7. The van der Waals surface area contributed by atoms with Gasteiger partial charge < -0.3 is 19.9 Å². The smallest absolute Gasteiger partial charge is 0.193 e. The van der Waals surface area contributed by atoms with Crippen molar-refractivity contribution < 1.29 is 4.74 Å². The number of ether oxygens (including phenoxy) is 1. The van der Waals surface area contributed by atoms with E-state index in [9.17, 15) is 0 Å². The molecule has 0 bridgehead atoms. The first-order valence-corrected chi connectivity index (χ1v) is 10.6. The Kier molecular flexibility index (Phi) is 5.98. The molecule has 0 radical (unpaired) electrons. The molecule has 1 aromatic carbocycles. The Morgan fingerprint density at radius 2 is 2.15 bits per heavy atom. The van der Waals surface area contributed by atoms with Crippen LogP contribution >= 0.6 is 0 Å². The zero-order chi connectivity index (χ0) is 18.5. The molecule has 3 saturated heterocycles. The standard InChI is InChI=1S/C22H34N4O/c1-23-21(26-13-9-22(17-26)10-14-27-18-22)24-15-20-8-12-25(16-20)11-7-19-5-3-2-4-6-19/h2-6,20H,7-18H2,1H3,(H,23,24). The van der Waals surface area contributed by atoms with E-state index in [4.69, 9.17) is 4.74 Å². The summed E-state index contributed by atoms with van der Waals surface area (Å²) in [5.74, 6) is 1.81. The topological polar surface area (TPSA) is 40.1 Å².